The van der Waals surface area contributed by atoms with Gasteiger partial charge in [0.2, 0.25) is 5.91 Å². The molecule has 1 aromatic carbocycles. The minimum Gasteiger partial charge on any atom is -0.365 e. The van der Waals surface area contributed by atoms with Crippen LogP contribution in [0, 0.1) is 0 Å². The third-order valence-corrected chi connectivity index (χ3v) is 5.13. The zero-order chi connectivity index (χ0) is 20.1. The number of H-pyrrole nitrogens is 1. The van der Waals surface area contributed by atoms with E-state index in [9.17, 15) is 14.4 Å². The van der Waals surface area contributed by atoms with Gasteiger partial charge in [-0.05, 0) is 49.4 Å². The summed E-state index contributed by atoms with van der Waals surface area (Å²) in [4.78, 5) is 41.5. The zero-order valence-corrected chi connectivity index (χ0v) is 16.2. The second-order valence-corrected chi connectivity index (χ2v) is 6.97. The minimum atomic E-state index is -0.707. The highest BCUT2D eigenvalue weighted by molar-refractivity contribution is 6.39. The van der Waals surface area contributed by atoms with Crippen molar-refractivity contribution in [3.05, 3.63) is 53.3 Å². The number of carbonyl (C=O) groups is 3. The molecule has 0 fully saturated rings. The van der Waals surface area contributed by atoms with Crippen LogP contribution in [0.3, 0.4) is 0 Å². The van der Waals surface area contributed by atoms with Crippen molar-refractivity contribution in [2.24, 2.45) is 0 Å². The van der Waals surface area contributed by atoms with E-state index in [0.717, 1.165) is 36.1 Å². The van der Waals surface area contributed by atoms with E-state index < -0.39 is 11.8 Å². The van der Waals surface area contributed by atoms with Crippen molar-refractivity contribution >= 4 is 23.4 Å². The number of nitrogens with zero attached hydrogens (tertiary/aromatic N) is 1. The van der Waals surface area contributed by atoms with Crippen LogP contribution in [0.2, 0.25) is 0 Å². The predicted octanol–water partition coefficient (Wildman–Crippen LogP) is 2.52. The first kappa shape index (κ1) is 19.7. The summed E-state index contributed by atoms with van der Waals surface area (Å²) in [5.41, 5.74) is 3.48. The summed E-state index contributed by atoms with van der Waals surface area (Å²) < 4.78 is 0. The van der Waals surface area contributed by atoms with E-state index >= 15 is 0 Å². The van der Waals surface area contributed by atoms with Crippen LogP contribution in [-0.4, -0.2) is 34.2 Å². The van der Waals surface area contributed by atoms with E-state index in [2.05, 4.69) is 15.6 Å². The fourth-order valence-electron chi connectivity index (χ4n) is 3.58. The van der Waals surface area contributed by atoms with Gasteiger partial charge in [-0.2, -0.15) is 0 Å². The summed E-state index contributed by atoms with van der Waals surface area (Å²) in [7, 11) is 0. The lowest BCUT2D eigenvalue weighted by Crippen LogP contribution is -2.39. The number of fused-ring (bicyclic) bond motifs is 1. The van der Waals surface area contributed by atoms with Crippen molar-refractivity contribution in [3.63, 3.8) is 0 Å². The minimum absolute atomic E-state index is 0.0408. The Morgan fingerprint density at radius 3 is 2.71 bits per heavy atom. The number of benzene rings is 1. The van der Waals surface area contributed by atoms with Gasteiger partial charge in [0, 0.05) is 37.6 Å². The van der Waals surface area contributed by atoms with Gasteiger partial charge in [0.15, 0.2) is 0 Å². The Morgan fingerprint density at radius 2 is 1.96 bits per heavy atom. The quantitative estimate of drug-likeness (QED) is 0.694. The molecule has 0 saturated heterocycles. The Labute approximate surface area is 164 Å². The number of hydrogen-bond donors (Lipinski definition) is 3. The molecule has 1 atom stereocenters. The summed E-state index contributed by atoms with van der Waals surface area (Å²) in [6.45, 7) is 4.35. The van der Waals surface area contributed by atoms with Crippen LogP contribution in [0.25, 0.3) is 0 Å². The standard InChI is InChI=1S/C21H26N4O3/c1-3-25(14(2)26)13-15-7-4-5-8-17(15)23-20(27)21(28)24-19-10-6-9-18-16(19)11-12-22-18/h4-5,7-8,11-12,19,22H,3,6,9-10,13H2,1-2H3,(H,23,27)(H,24,28). The lowest BCUT2D eigenvalue weighted by atomic mass is 9.93. The molecule has 28 heavy (non-hydrogen) atoms. The lowest BCUT2D eigenvalue weighted by Gasteiger charge is -2.24. The van der Waals surface area contributed by atoms with E-state index in [0.29, 0.717) is 18.8 Å². The second-order valence-electron chi connectivity index (χ2n) is 6.97. The molecule has 0 saturated carbocycles. The normalized spacial score (nSPS) is 15.4. The molecule has 0 radical (unpaired) electrons. The highest BCUT2D eigenvalue weighted by Crippen LogP contribution is 2.28. The van der Waals surface area contributed by atoms with E-state index in [1.54, 1.807) is 17.0 Å². The molecular weight excluding hydrogens is 356 g/mol. The lowest BCUT2D eigenvalue weighted by molar-refractivity contribution is -0.136. The van der Waals surface area contributed by atoms with Gasteiger partial charge in [0.25, 0.3) is 0 Å². The summed E-state index contributed by atoms with van der Waals surface area (Å²) in [6.07, 6.45) is 4.59. The molecule has 3 N–H and O–H groups in total. The largest absolute Gasteiger partial charge is 0.365 e. The van der Waals surface area contributed by atoms with Crippen LogP contribution >= 0.6 is 0 Å². The van der Waals surface area contributed by atoms with E-state index in [4.69, 9.17) is 0 Å². The first-order chi connectivity index (χ1) is 13.5. The Bertz CT molecular complexity index is 874. The van der Waals surface area contributed by atoms with Crippen LogP contribution in [-0.2, 0) is 27.3 Å². The monoisotopic (exact) mass is 382 g/mol. The summed E-state index contributed by atoms with van der Waals surface area (Å²) in [5, 5.41) is 5.52. The highest BCUT2D eigenvalue weighted by Gasteiger charge is 2.25. The molecule has 7 heteroatoms. The van der Waals surface area contributed by atoms with Crippen LogP contribution in [0.15, 0.2) is 36.5 Å². The number of para-hydroxylation sites is 1. The number of hydrogen-bond acceptors (Lipinski definition) is 3. The molecule has 1 unspecified atom stereocenters. The smallest absolute Gasteiger partial charge is 0.313 e. The average Bonchev–Trinajstić information content (AvgIpc) is 3.16. The molecule has 1 aliphatic carbocycles. The molecule has 0 bridgehead atoms. The molecule has 2 aromatic rings. The molecule has 1 aliphatic rings. The van der Waals surface area contributed by atoms with Crippen molar-refractivity contribution in [1.29, 1.82) is 0 Å². The molecular formula is C21H26N4O3. The third-order valence-electron chi connectivity index (χ3n) is 5.13. The number of rotatable bonds is 5. The molecule has 7 nitrogen and oxygen atoms in total. The van der Waals surface area contributed by atoms with Crippen LogP contribution in [0.5, 0.6) is 0 Å². The predicted molar refractivity (Wildman–Crippen MR) is 106 cm³/mol. The Morgan fingerprint density at radius 1 is 1.18 bits per heavy atom. The molecule has 3 amide bonds. The Balaban J connectivity index is 1.67. The molecule has 0 spiro atoms. The number of aromatic nitrogens is 1. The molecule has 1 heterocycles. The van der Waals surface area contributed by atoms with Crippen molar-refractivity contribution in [2.45, 2.75) is 45.7 Å². The molecule has 0 aliphatic heterocycles. The van der Waals surface area contributed by atoms with Gasteiger partial charge in [0.1, 0.15) is 0 Å². The van der Waals surface area contributed by atoms with Gasteiger partial charge >= 0.3 is 11.8 Å². The second kappa shape index (κ2) is 8.73. The van der Waals surface area contributed by atoms with Gasteiger partial charge in [-0.15, -0.1) is 0 Å². The maximum atomic E-state index is 12.5. The van der Waals surface area contributed by atoms with E-state index in [-0.39, 0.29) is 11.9 Å². The number of aromatic amines is 1. The van der Waals surface area contributed by atoms with Gasteiger partial charge in [-0.1, -0.05) is 18.2 Å². The zero-order valence-electron chi connectivity index (χ0n) is 16.2. The number of carbonyl (C=O) groups excluding carboxylic acids is 3. The Kier molecular flexibility index (Phi) is 6.13. The van der Waals surface area contributed by atoms with E-state index in [1.807, 2.05) is 31.3 Å². The molecule has 3 rings (SSSR count). The molecule has 1 aromatic heterocycles. The van der Waals surface area contributed by atoms with Crippen molar-refractivity contribution in [2.75, 3.05) is 11.9 Å². The summed E-state index contributed by atoms with van der Waals surface area (Å²) in [6, 6.07) is 9.00. The maximum Gasteiger partial charge on any atom is 0.313 e. The first-order valence-electron chi connectivity index (χ1n) is 9.61. The van der Waals surface area contributed by atoms with Crippen molar-refractivity contribution in [1.82, 2.24) is 15.2 Å². The van der Waals surface area contributed by atoms with Gasteiger partial charge in [-0.25, -0.2) is 0 Å². The van der Waals surface area contributed by atoms with Gasteiger partial charge < -0.3 is 20.5 Å². The number of nitrogens with one attached hydrogen (secondary N) is 3. The number of amides is 3. The van der Waals surface area contributed by atoms with Crippen molar-refractivity contribution < 1.29 is 14.4 Å². The third kappa shape index (κ3) is 4.42. The summed E-state index contributed by atoms with van der Waals surface area (Å²) in [5.74, 6) is -1.41. The van der Waals surface area contributed by atoms with Gasteiger partial charge in [-0.3, -0.25) is 14.4 Å². The number of anilines is 1. The van der Waals surface area contributed by atoms with Crippen LogP contribution in [0.1, 0.15) is 49.6 Å². The fraction of sp³-hybridized carbons (Fsp3) is 0.381. The average molecular weight is 382 g/mol. The highest BCUT2D eigenvalue weighted by atomic mass is 16.2. The topological polar surface area (TPSA) is 94.3 Å². The van der Waals surface area contributed by atoms with Gasteiger partial charge in [0.05, 0.1) is 6.04 Å². The maximum absolute atomic E-state index is 12.5. The number of aryl methyl sites for hydroxylation is 1. The molecule has 148 valence electrons. The van der Waals surface area contributed by atoms with Crippen molar-refractivity contribution in [3.8, 4) is 0 Å². The Hall–Kier alpha value is -3.09. The van der Waals surface area contributed by atoms with E-state index in [1.165, 1.54) is 6.92 Å². The SMILES string of the molecule is CCN(Cc1ccccc1NC(=O)C(=O)NC1CCCc2[nH]ccc21)C(C)=O. The van der Waals surface area contributed by atoms with Crippen LogP contribution < -0.4 is 10.6 Å². The van der Waals surface area contributed by atoms with Crippen LogP contribution in [0.4, 0.5) is 5.69 Å². The summed E-state index contributed by atoms with van der Waals surface area (Å²) >= 11 is 0. The fourth-order valence-corrected chi connectivity index (χ4v) is 3.58. The first-order valence-corrected chi connectivity index (χ1v) is 9.61.